The molecular weight excluding hydrogens is 266 g/mol. The Morgan fingerprint density at radius 2 is 2.14 bits per heavy atom. The van der Waals surface area contributed by atoms with Crippen LogP contribution in [0, 0.1) is 11.8 Å². The monoisotopic (exact) mass is 289 g/mol. The molecule has 1 rings (SSSR count). The number of nitrogens with zero attached hydrogens (tertiary/aromatic N) is 3. The van der Waals surface area contributed by atoms with E-state index in [0.29, 0.717) is 17.8 Å². The first-order valence-corrected chi connectivity index (χ1v) is 7.01. The highest BCUT2D eigenvalue weighted by atomic mass is 16.2. The normalized spacial score (nSPS) is 11.7. The SMILES string of the molecule is CCN(C(=O)c1ccc(C#CCO)cn1)C(C)CN(C)C. The molecule has 1 aromatic rings. The first-order chi connectivity index (χ1) is 9.99. The fourth-order valence-electron chi connectivity index (χ4n) is 2.17. The van der Waals surface area contributed by atoms with Crippen LogP contribution in [-0.4, -0.2) is 65.6 Å². The molecule has 0 spiro atoms. The van der Waals surface area contributed by atoms with Crippen molar-refractivity contribution in [1.82, 2.24) is 14.8 Å². The zero-order chi connectivity index (χ0) is 15.8. The number of aromatic nitrogens is 1. The number of aliphatic hydroxyl groups excluding tert-OH is 1. The number of carbonyl (C=O) groups excluding carboxylic acids is 1. The van der Waals surface area contributed by atoms with Crippen LogP contribution in [0.15, 0.2) is 18.3 Å². The van der Waals surface area contributed by atoms with Crippen molar-refractivity contribution in [3.63, 3.8) is 0 Å². The molecule has 0 saturated carbocycles. The van der Waals surface area contributed by atoms with Gasteiger partial charge in [0.1, 0.15) is 12.3 Å². The van der Waals surface area contributed by atoms with E-state index in [-0.39, 0.29) is 18.6 Å². The number of rotatable bonds is 5. The van der Waals surface area contributed by atoms with Crippen LogP contribution < -0.4 is 0 Å². The highest BCUT2D eigenvalue weighted by Crippen LogP contribution is 2.08. The molecule has 0 bridgehead atoms. The molecule has 0 saturated heterocycles. The van der Waals surface area contributed by atoms with Gasteiger partial charge in [0.2, 0.25) is 0 Å². The van der Waals surface area contributed by atoms with E-state index in [0.717, 1.165) is 6.54 Å². The van der Waals surface area contributed by atoms with E-state index in [4.69, 9.17) is 5.11 Å². The fraction of sp³-hybridized carbons (Fsp3) is 0.500. The number of aliphatic hydroxyl groups is 1. The van der Waals surface area contributed by atoms with Gasteiger partial charge in [-0.25, -0.2) is 4.98 Å². The summed E-state index contributed by atoms with van der Waals surface area (Å²) in [5.41, 5.74) is 1.10. The average molecular weight is 289 g/mol. The summed E-state index contributed by atoms with van der Waals surface area (Å²) in [6, 6.07) is 3.54. The maximum atomic E-state index is 12.5. The molecule has 5 heteroatoms. The van der Waals surface area contributed by atoms with Gasteiger partial charge in [-0.05, 0) is 40.1 Å². The number of carbonyl (C=O) groups is 1. The highest BCUT2D eigenvalue weighted by molar-refractivity contribution is 5.92. The standard InChI is InChI=1S/C16H23N3O2/c1-5-19(13(2)12-18(3)4)16(21)15-9-8-14(11-17-15)7-6-10-20/h8-9,11,13,20H,5,10,12H2,1-4H3. The number of amides is 1. The average Bonchev–Trinajstić information content (AvgIpc) is 2.45. The largest absolute Gasteiger partial charge is 0.384 e. The zero-order valence-electron chi connectivity index (χ0n) is 13.1. The van der Waals surface area contributed by atoms with Gasteiger partial charge in [-0.3, -0.25) is 4.79 Å². The van der Waals surface area contributed by atoms with Crippen molar-refractivity contribution >= 4 is 5.91 Å². The summed E-state index contributed by atoms with van der Waals surface area (Å²) >= 11 is 0. The van der Waals surface area contributed by atoms with E-state index in [1.807, 2.05) is 27.9 Å². The summed E-state index contributed by atoms with van der Waals surface area (Å²) in [6.45, 7) is 5.25. The lowest BCUT2D eigenvalue weighted by molar-refractivity contribution is 0.0673. The second kappa shape index (κ2) is 8.40. The lowest BCUT2D eigenvalue weighted by atomic mass is 10.2. The Balaban J connectivity index is 2.85. The van der Waals surface area contributed by atoms with Crippen LogP contribution in [0.2, 0.25) is 0 Å². The van der Waals surface area contributed by atoms with Crippen LogP contribution in [0.1, 0.15) is 29.9 Å². The van der Waals surface area contributed by atoms with Crippen molar-refractivity contribution in [3.8, 4) is 11.8 Å². The molecular formula is C16H23N3O2. The molecule has 21 heavy (non-hydrogen) atoms. The first-order valence-electron chi connectivity index (χ1n) is 7.01. The van der Waals surface area contributed by atoms with Crippen LogP contribution >= 0.6 is 0 Å². The summed E-state index contributed by atoms with van der Waals surface area (Å²) in [5, 5.41) is 8.65. The molecule has 1 amide bonds. The van der Waals surface area contributed by atoms with Crippen LogP contribution in [-0.2, 0) is 0 Å². The lowest BCUT2D eigenvalue weighted by Crippen LogP contribution is -2.44. The smallest absolute Gasteiger partial charge is 0.272 e. The summed E-state index contributed by atoms with van der Waals surface area (Å²) in [4.78, 5) is 20.5. The van der Waals surface area contributed by atoms with Gasteiger partial charge in [0, 0.05) is 30.9 Å². The van der Waals surface area contributed by atoms with Crippen LogP contribution in [0.5, 0.6) is 0 Å². The number of hydrogen-bond donors (Lipinski definition) is 1. The Bertz CT molecular complexity index is 515. The van der Waals surface area contributed by atoms with Gasteiger partial charge < -0.3 is 14.9 Å². The number of pyridine rings is 1. The van der Waals surface area contributed by atoms with E-state index in [9.17, 15) is 4.79 Å². The summed E-state index contributed by atoms with van der Waals surface area (Å²) in [7, 11) is 3.98. The highest BCUT2D eigenvalue weighted by Gasteiger charge is 2.21. The molecule has 1 atom stereocenters. The molecule has 0 aliphatic carbocycles. The number of hydrogen-bond acceptors (Lipinski definition) is 4. The van der Waals surface area contributed by atoms with Gasteiger partial charge in [0.05, 0.1) is 0 Å². The second-order valence-corrected chi connectivity index (χ2v) is 5.09. The topological polar surface area (TPSA) is 56.7 Å². The van der Waals surface area contributed by atoms with Crippen molar-refractivity contribution in [2.24, 2.45) is 0 Å². The van der Waals surface area contributed by atoms with Gasteiger partial charge in [0.25, 0.3) is 5.91 Å². The van der Waals surface area contributed by atoms with Gasteiger partial charge in [0.15, 0.2) is 0 Å². The van der Waals surface area contributed by atoms with Crippen LogP contribution in [0.25, 0.3) is 0 Å². The van der Waals surface area contributed by atoms with Crippen molar-refractivity contribution in [3.05, 3.63) is 29.6 Å². The molecule has 1 aromatic heterocycles. The molecule has 0 radical (unpaired) electrons. The molecule has 1 N–H and O–H groups in total. The minimum Gasteiger partial charge on any atom is -0.384 e. The Kier molecular flexibility index (Phi) is 6.86. The van der Waals surface area contributed by atoms with E-state index < -0.39 is 0 Å². The molecule has 114 valence electrons. The third kappa shape index (κ3) is 5.18. The Morgan fingerprint density at radius 3 is 2.62 bits per heavy atom. The maximum absolute atomic E-state index is 12.5. The van der Waals surface area contributed by atoms with E-state index in [1.54, 1.807) is 23.2 Å². The van der Waals surface area contributed by atoms with Crippen molar-refractivity contribution in [2.75, 3.05) is 33.8 Å². The first kappa shape index (κ1) is 17.2. The quantitative estimate of drug-likeness (QED) is 0.816. The minimum absolute atomic E-state index is 0.0754. The van der Waals surface area contributed by atoms with Gasteiger partial charge in [-0.15, -0.1) is 0 Å². The molecule has 0 fully saturated rings. The predicted octanol–water partition coefficient (Wildman–Crippen LogP) is 0.838. The zero-order valence-corrected chi connectivity index (χ0v) is 13.1. The van der Waals surface area contributed by atoms with Gasteiger partial charge in [-0.2, -0.15) is 0 Å². The van der Waals surface area contributed by atoms with Crippen molar-refractivity contribution in [1.29, 1.82) is 0 Å². The summed E-state index contributed by atoms with van der Waals surface area (Å²) < 4.78 is 0. The lowest BCUT2D eigenvalue weighted by Gasteiger charge is -2.29. The fourth-order valence-corrected chi connectivity index (χ4v) is 2.17. The maximum Gasteiger partial charge on any atom is 0.272 e. The summed E-state index contributed by atoms with van der Waals surface area (Å²) in [6.07, 6.45) is 1.56. The Morgan fingerprint density at radius 1 is 1.43 bits per heavy atom. The van der Waals surface area contributed by atoms with Crippen LogP contribution in [0.4, 0.5) is 0 Å². The van der Waals surface area contributed by atoms with Crippen molar-refractivity contribution < 1.29 is 9.90 Å². The predicted molar refractivity (Wildman–Crippen MR) is 82.9 cm³/mol. The van der Waals surface area contributed by atoms with Gasteiger partial charge in [-0.1, -0.05) is 11.8 Å². The Hall–Kier alpha value is -1.90. The van der Waals surface area contributed by atoms with E-state index in [1.165, 1.54) is 0 Å². The van der Waals surface area contributed by atoms with E-state index in [2.05, 4.69) is 21.7 Å². The molecule has 1 unspecified atom stereocenters. The minimum atomic E-state index is -0.188. The van der Waals surface area contributed by atoms with E-state index >= 15 is 0 Å². The van der Waals surface area contributed by atoms with Gasteiger partial charge >= 0.3 is 0 Å². The third-order valence-corrected chi connectivity index (χ3v) is 3.06. The molecule has 1 heterocycles. The van der Waals surface area contributed by atoms with Crippen molar-refractivity contribution in [2.45, 2.75) is 19.9 Å². The van der Waals surface area contributed by atoms with Crippen LogP contribution in [0.3, 0.4) is 0 Å². The number of likely N-dealkylation sites (N-methyl/N-ethyl adjacent to an activating group) is 2. The Labute approximate surface area is 126 Å². The third-order valence-electron chi connectivity index (χ3n) is 3.06. The summed E-state index contributed by atoms with van der Waals surface area (Å²) in [5.74, 6) is 5.23. The molecule has 0 aromatic carbocycles. The molecule has 0 aliphatic heterocycles. The molecule has 0 aliphatic rings. The molecule has 5 nitrogen and oxygen atoms in total. The second-order valence-electron chi connectivity index (χ2n) is 5.09.